The fraction of sp³-hybridized carbons (Fsp3) is 0.778. The molecule has 0 saturated carbocycles. The van der Waals surface area contributed by atoms with E-state index in [2.05, 4.69) is 26.0 Å². The summed E-state index contributed by atoms with van der Waals surface area (Å²) in [6.45, 7) is 4.61. The third-order valence-corrected chi connectivity index (χ3v) is 2.25. The Labute approximate surface area is 58.0 Å². The maximum Gasteiger partial charge on any atom is -0.0196 e. The predicted molar refractivity (Wildman–Crippen MR) is 41.3 cm³/mol. The first kappa shape index (κ1) is 6.85. The highest BCUT2D eigenvalue weighted by atomic mass is 14.2. The Morgan fingerprint density at radius 3 is 2.67 bits per heavy atom. The molecule has 0 heterocycles. The van der Waals surface area contributed by atoms with Gasteiger partial charge < -0.3 is 0 Å². The van der Waals surface area contributed by atoms with Crippen molar-refractivity contribution in [2.24, 2.45) is 11.8 Å². The van der Waals surface area contributed by atoms with Crippen LogP contribution >= 0.6 is 0 Å². The van der Waals surface area contributed by atoms with Crippen LogP contribution in [0.3, 0.4) is 0 Å². The molecule has 0 aromatic heterocycles. The number of hydrogen-bond acceptors (Lipinski definition) is 0. The molecule has 0 amide bonds. The van der Waals surface area contributed by atoms with Gasteiger partial charge in [0.2, 0.25) is 0 Å². The van der Waals surface area contributed by atoms with E-state index in [1.807, 2.05) is 0 Å². The van der Waals surface area contributed by atoms with Crippen molar-refractivity contribution < 1.29 is 0 Å². The van der Waals surface area contributed by atoms with E-state index in [9.17, 15) is 0 Å². The normalized spacial score (nSPS) is 27.6. The van der Waals surface area contributed by atoms with Gasteiger partial charge in [0, 0.05) is 0 Å². The topological polar surface area (TPSA) is 0 Å². The Balaban J connectivity index is 2.10. The van der Waals surface area contributed by atoms with Gasteiger partial charge in [0.15, 0.2) is 0 Å². The van der Waals surface area contributed by atoms with Crippen LogP contribution in [-0.2, 0) is 0 Å². The zero-order chi connectivity index (χ0) is 6.69. The fourth-order valence-electron chi connectivity index (χ4n) is 1.19. The molecule has 0 aromatic carbocycles. The summed E-state index contributed by atoms with van der Waals surface area (Å²) in [5.41, 5.74) is 0. The first-order valence-corrected chi connectivity index (χ1v) is 3.99. The minimum absolute atomic E-state index is 0.931. The molecule has 0 radical (unpaired) electrons. The summed E-state index contributed by atoms with van der Waals surface area (Å²) >= 11 is 0. The standard InChI is InChI=1S/C9H16/c1-3-8(2)7-9-5-4-6-9/h4-5,8-9H,3,6-7H2,1-2H3. The van der Waals surface area contributed by atoms with E-state index >= 15 is 0 Å². The zero-order valence-corrected chi connectivity index (χ0v) is 6.43. The van der Waals surface area contributed by atoms with Crippen LogP contribution in [0.2, 0.25) is 0 Å². The van der Waals surface area contributed by atoms with E-state index in [1.165, 1.54) is 19.3 Å². The second-order valence-electron chi connectivity index (χ2n) is 3.17. The minimum Gasteiger partial charge on any atom is -0.0877 e. The maximum absolute atomic E-state index is 2.34. The highest BCUT2D eigenvalue weighted by molar-refractivity contribution is 5.01. The summed E-state index contributed by atoms with van der Waals surface area (Å²) in [6.07, 6.45) is 8.70. The molecule has 0 aromatic rings. The molecule has 0 spiro atoms. The molecule has 2 unspecified atom stereocenters. The first-order chi connectivity index (χ1) is 4.33. The molecule has 1 rings (SSSR count). The Morgan fingerprint density at radius 1 is 1.67 bits per heavy atom. The van der Waals surface area contributed by atoms with Crippen molar-refractivity contribution >= 4 is 0 Å². The largest absolute Gasteiger partial charge is 0.0877 e. The Bertz CT molecular complexity index is 103. The molecule has 0 fully saturated rings. The Hall–Kier alpha value is -0.260. The molecule has 1 aliphatic rings. The van der Waals surface area contributed by atoms with Crippen molar-refractivity contribution in [2.75, 3.05) is 0 Å². The van der Waals surface area contributed by atoms with E-state index in [0.29, 0.717) is 0 Å². The molecule has 0 heteroatoms. The average molecular weight is 124 g/mol. The quantitative estimate of drug-likeness (QED) is 0.507. The molecule has 0 N–H and O–H groups in total. The van der Waals surface area contributed by atoms with E-state index in [4.69, 9.17) is 0 Å². The molecule has 1 aliphatic carbocycles. The van der Waals surface area contributed by atoms with Gasteiger partial charge in [0.1, 0.15) is 0 Å². The smallest absolute Gasteiger partial charge is 0.0196 e. The molecule has 52 valence electrons. The average Bonchev–Trinajstić information content (AvgIpc) is 1.78. The SMILES string of the molecule is CCC(C)CC1C=CC1. The molecular weight excluding hydrogens is 108 g/mol. The summed E-state index contributed by atoms with van der Waals surface area (Å²) in [5.74, 6) is 1.86. The van der Waals surface area contributed by atoms with Gasteiger partial charge in [-0.15, -0.1) is 0 Å². The van der Waals surface area contributed by atoms with Gasteiger partial charge >= 0.3 is 0 Å². The van der Waals surface area contributed by atoms with E-state index < -0.39 is 0 Å². The second kappa shape index (κ2) is 3.05. The molecular formula is C9H16. The Kier molecular flexibility index (Phi) is 2.32. The molecule has 0 aliphatic heterocycles. The van der Waals surface area contributed by atoms with Gasteiger partial charge in [0.25, 0.3) is 0 Å². The van der Waals surface area contributed by atoms with Crippen molar-refractivity contribution in [3.63, 3.8) is 0 Å². The number of rotatable bonds is 3. The highest BCUT2D eigenvalue weighted by Crippen LogP contribution is 2.25. The van der Waals surface area contributed by atoms with Gasteiger partial charge in [-0.1, -0.05) is 32.4 Å². The van der Waals surface area contributed by atoms with Crippen molar-refractivity contribution in [3.8, 4) is 0 Å². The highest BCUT2D eigenvalue weighted by Gasteiger charge is 2.12. The van der Waals surface area contributed by atoms with Gasteiger partial charge in [-0.25, -0.2) is 0 Å². The van der Waals surface area contributed by atoms with Gasteiger partial charge in [-0.2, -0.15) is 0 Å². The van der Waals surface area contributed by atoms with Gasteiger partial charge in [-0.3, -0.25) is 0 Å². The summed E-state index contributed by atoms with van der Waals surface area (Å²) in [4.78, 5) is 0. The lowest BCUT2D eigenvalue weighted by molar-refractivity contribution is 0.419. The predicted octanol–water partition coefficient (Wildman–Crippen LogP) is 3.00. The van der Waals surface area contributed by atoms with Gasteiger partial charge in [-0.05, 0) is 24.7 Å². The molecule has 0 saturated heterocycles. The van der Waals surface area contributed by atoms with Crippen LogP contribution in [-0.4, -0.2) is 0 Å². The van der Waals surface area contributed by atoms with E-state index in [-0.39, 0.29) is 0 Å². The third-order valence-electron chi connectivity index (χ3n) is 2.25. The van der Waals surface area contributed by atoms with Crippen LogP contribution in [0.15, 0.2) is 12.2 Å². The van der Waals surface area contributed by atoms with Crippen LogP contribution in [0.4, 0.5) is 0 Å². The van der Waals surface area contributed by atoms with Crippen LogP contribution in [0.5, 0.6) is 0 Å². The lowest BCUT2D eigenvalue weighted by atomic mass is 9.86. The number of hydrogen-bond donors (Lipinski definition) is 0. The summed E-state index contributed by atoms with van der Waals surface area (Å²) in [7, 11) is 0. The summed E-state index contributed by atoms with van der Waals surface area (Å²) in [6, 6.07) is 0. The lowest BCUT2D eigenvalue weighted by Gasteiger charge is -2.20. The van der Waals surface area contributed by atoms with Crippen LogP contribution in [0.1, 0.15) is 33.1 Å². The van der Waals surface area contributed by atoms with Crippen molar-refractivity contribution in [1.82, 2.24) is 0 Å². The Morgan fingerprint density at radius 2 is 2.33 bits per heavy atom. The van der Waals surface area contributed by atoms with Crippen molar-refractivity contribution in [1.29, 1.82) is 0 Å². The van der Waals surface area contributed by atoms with E-state index in [1.54, 1.807) is 0 Å². The van der Waals surface area contributed by atoms with Crippen molar-refractivity contribution in [3.05, 3.63) is 12.2 Å². The summed E-state index contributed by atoms with van der Waals surface area (Å²) in [5, 5.41) is 0. The molecule has 0 nitrogen and oxygen atoms in total. The zero-order valence-electron chi connectivity index (χ0n) is 6.43. The lowest BCUT2D eigenvalue weighted by Crippen LogP contribution is -2.07. The van der Waals surface area contributed by atoms with Gasteiger partial charge in [0.05, 0.1) is 0 Å². The monoisotopic (exact) mass is 124 g/mol. The third kappa shape index (κ3) is 1.85. The van der Waals surface area contributed by atoms with Crippen molar-refractivity contribution in [2.45, 2.75) is 33.1 Å². The maximum atomic E-state index is 2.34. The molecule has 2 atom stereocenters. The van der Waals surface area contributed by atoms with Crippen LogP contribution in [0.25, 0.3) is 0 Å². The molecule has 0 bridgehead atoms. The first-order valence-electron chi connectivity index (χ1n) is 3.99. The van der Waals surface area contributed by atoms with Crippen LogP contribution in [0, 0.1) is 11.8 Å². The summed E-state index contributed by atoms with van der Waals surface area (Å²) < 4.78 is 0. The second-order valence-corrected chi connectivity index (χ2v) is 3.17. The molecule has 9 heavy (non-hydrogen) atoms. The van der Waals surface area contributed by atoms with Crippen LogP contribution < -0.4 is 0 Å². The number of allylic oxidation sites excluding steroid dienone is 2. The fourth-order valence-corrected chi connectivity index (χ4v) is 1.19. The van der Waals surface area contributed by atoms with E-state index in [0.717, 1.165) is 11.8 Å². The minimum atomic E-state index is 0.931.